The van der Waals surface area contributed by atoms with Gasteiger partial charge in [-0.15, -0.1) is 0 Å². The molecule has 0 saturated carbocycles. The Morgan fingerprint density at radius 3 is 2.52 bits per heavy atom. The van der Waals surface area contributed by atoms with Crippen LogP contribution in [0.2, 0.25) is 10.0 Å². The van der Waals surface area contributed by atoms with Gasteiger partial charge in [-0.3, -0.25) is 4.72 Å². The standard InChI is InChI=1S/C21H17Cl2N3O2S/c1-29(27,28)25-16-6-4-5-15(12-16)21-24-19-7-2-3-8-20(19)26(21)13-14-9-10-17(22)18(23)11-14/h2-12,25H,13H2,1H3. The Balaban J connectivity index is 1.84. The molecule has 0 aliphatic heterocycles. The first-order chi connectivity index (χ1) is 13.8. The van der Waals surface area contributed by atoms with Crippen molar-refractivity contribution in [1.29, 1.82) is 0 Å². The van der Waals surface area contributed by atoms with Gasteiger partial charge >= 0.3 is 0 Å². The van der Waals surface area contributed by atoms with Gasteiger partial charge in [0.2, 0.25) is 10.0 Å². The largest absolute Gasteiger partial charge is 0.319 e. The molecule has 4 rings (SSSR count). The molecule has 3 aromatic carbocycles. The third-order valence-electron chi connectivity index (χ3n) is 4.40. The number of fused-ring (bicyclic) bond motifs is 1. The number of halogens is 2. The monoisotopic (exact) mass is 445 g/mol. The van der Waals surface area contributed by atoms with Crippen molar-refractivity contribution in [2.75, 3.05) is 11.0 Å². The van der Waals surface area contributed by atoms with Gasteiger partial charge in [-0.05, 0) is 42.0 Å². The maximum absolute atomic E-state index is 11.6. The SMILES string of the molecule is CS(=O)(=O)Nc1cccc(-c2nc3ccccc3n2Cc2ccc(Cl)c(Cl)c2)c1. The van der Waals surface area contributed by atoms with E-state index in [0.717, 1.165) is 34.2 Å². The molecule has 0 spiro atoms. The van der Waals surface area contributed by atoms with Crippen molar-refractivity contribution in [1.82, 2.24) is 9.55 Å². The number of rotatable bonds is 5. The van der Waals surface area contributed by atoms with Crippen molar-refractivity contribution in [3.63, 3.8) is 0 Å². The molecule has 1 heterocycles. The summed E-state index contributed by atoms with van der Waals surface area (Å²) in [6.07, 6.45) is 1.12. The molecular formula is C21H17Cl2N3O2S. The minimum atomic E-state index is -3.37. The first-order valence-electron chi connectivity index (χ1n) is 8.77. The molecule has 1 aromatic heterocycles. The number of benzene rings is 3. The van der Waals surface area contributed by atoms with E-state index < -0.39 is 10.0 Å². The van der Waals surface area contributed by atoms with Crippen LogP contribution in [0.5, 0.6) is 0 Å². The van der Waals surface area contributed by atoms with Crippen LogP contribution in [0.25, 0.3) is 22.4 Å². The summed E-state index contributed by atoms with van der Waals surface area (Å²) in [5.41, 5.74) is 4.08. The van der Waals surface area contributed by atoms with E-state index in [0.29, 0.717) is 22.3 Å². The average molecular weight is 446 g/mol. The highest BCUT2D eigenvalue weighted by molar-refractivity contribution is 7.92. The van der Waals surface area contributed by atoms with E-state index in [1.165, 1.54) is 0 Å². The Kier molecular flexibility index (Phi) is 5.25. The Labute approximate surface area is 179 Å². The average Bonchev–Trinajstić information content (AvgIpc) is 3.02. The lowest BCUT2D eigenvalue weighted by Crippen LogP contribution is -2.09. The summed E-state index contributed by atoms with van der Waals surface area (Å²) in [5, 5.41) is 1.00. The first-order valence-corrected chi connectivity index (χ1v) is 11.4. The molecule has 29 heavy (non-hydrogen) atoms. The highest BCUT2D eigenvalue weighted by Crippen LogP contribution is 2.29. The van der Waals surface area contributed by atoms with E-state index in [2.05, 4.69) is 9.29 Å². The highest BCUT2D eigenvalue weighted by Gasteiger charge is 2.14. The quantitative estimate of drug-likeness (QED) is 0.445. The molecule has 0 unspecified atom stereocenters. The summed E-state index contributed by atoms with van der Waals surface area (Å²) >= 11 is 12.2. The summed E-state index contributed by atoms with van der Waals surface area (Å²) < 4.78 is 27.8. The number of imidazole rings is 1. The fraction of sp³-hybridized carbons (Fsp3) is 0.0952. The van der Waals surface area contributed by atoms with E-state index in [9.17, 15) is 8.42 Å². The molecule has 0 bridgehead atoms. The van der Waals surface area contributed by atoms with Crippen LogP contribution in [0.15, 0.2) is 66.7 Å². The molecule has 0 atom stereocenters. The van der Waals surface area contributed by atoms with Crippen LogP contribution in [0.1, 0.15) is 5.56 Å². The lowest BCUT2D eigenvalue weighted by atomic mass is 10.1. The van der Waals surface area contributed by atoms with Gasteiger partial charge in [0.15, 0.2) is 0 Å². The maximum Gasteiger partial charge on any atom is 0.229 e. The Hall–Kier alpha value is -2.54. The number of hydrogen-bond donors (Lipinski definition) is 1. The van der Waals surface area contributed by atoms with Crippen LogP contribution in [0, 0.1) is 0 Å². The van der Waals surface area contributed by atoms with Crippen molar-refractivity contribution in [3.8, 4) is 11.4 Å². The molecule has 0 saturated heterocycles. The molecule has 0 aliphatic rings. The van der Waals surface area contributed by atoms with E-state index in [-0.39, 0.29) is 0 Å². The maximum atomic E-state index is 11.6. The molecule has 0 fully saturated rings. The van der Waals surface area contributed by atoms with Gasteiger partial charge in [0, 0.05) is 17.8 Å². The van der Waals surface area contributed by atoms with Gasteiger partial charge in [0.05, 0.1) is 27.3 Å². The molecule has 0 aliphatic carbocycles. The van der Waals surface area contributed by atoms with Crippen LogP contribution in [-0.2, 0) is 16.6 Å². The molecule has 0 radical (unpaired) electrons. The third kappa shape index (κ3) is 4.40. The number of nitrogens with zero attached hydrogens (tertiary/aromatic N) is 2. The number of para-hydroxylation sites is 2. The van der Waals surface area contributed by atoms with E-state index >= 15 is 0 Å². The molecular weight excluding hydrogens is 429 g/mol. The lowest BCUT2D eigenvalue weighted by Gasteiger charge is -2.12. The topological polar surface area (TPSA) is 64.0 Å². The van der Waals surface area contributed by atoms with Crippen molar-refractivity contribution in [2.45, 2.75) is 6.54 Å². The van der Waals surface area contributed by atoms with Crippen molar-refractivity contribution in [3.05, 3.63) is 82.3 Å². The number of anilines is 1. The van der Waals surface area contributed by atoms with Gasteiger partial charge < -0.3 is 4.57 Å². The van der Waals surface area contributed by atoms with Gasteiger partial charge in [-0.25, -0.2) is 13.4 Å². The molecule has 4 aromatic rings. The fourth-order valence-electron chi connectivity index (χ4n) is 3.21. The summed E-state index contributed by atoms with van der Waals surface area (Å²) in [5.74, 6) is 0.731. The highest BCUT2D eigenvalue weighted by atomic mass is 35.5. The zero-order valence-corrected chi connectivity index (χ0v) is 17.8. The van der Waals surface area contributed by atoms with E-state index in [1.54, 1.807) is 24.3 Å². The summed E-state index contributed by atoms with van der Waals surface area (Å²) in [7, 11) is -3.37. The number of hydrogen-bond acceptors (Lipinski definition) is 3. The van der Waals surface area contributed by atoms with Crippen LogP contribution in [-0.4, -0.2) is 24.2 Å². The summed E-state index contributed by atoms with van der Waals surface area (Å²) in [6, 6.07) is 20.6. The van der Waals surface area contributed by atoms with Crippen molar-refractivity contribution in [2.24, 2.45) is 0 Å². The number of nitrogens with one attached hydrogen (secondary N) is 1. The van der Waals surface area contributed by atoms with E-state index in [4.69, 9.17) is 28.2 Å². The van der Waals surface area contributed by atoms with Gasteiger partial charge in [0.25, 0.3) is 0 Å². The minimum absolute atomic E-state index is 0.484. The summed E-state index contributed by atoms with van der Waals surface area (Å²) in [4.78, 5) is 4.78. The van der Waals surface area contributed by atoms with Crippen LogP contribution in [0.3, 0.4) is 0 Å². The second-order valence-corrected chi connectivity index (χ2v) is 9.28. The van der Waals surface area contributed by atoms with Crippen molar-refractivity contribution < 1.29 is 8.42 Å². The number of aromatic nitrogens is 2. The minimum Gasteiger partial charge on any atom is -0.319 e. The van der Waals surface area contributed by atoms with Crippen LogP contribution < -0.4 is 4.72 Å². The zero-order valence-electron chi connectivity index (χ0n) is 15.4. The Bertz CT molecular complexity index is 1320. The predicted octanol–water partition coefficient (Wildman–Crippen LogP) is 5.43. The van der Waals surface area contributed by atoms with Gasteiger partial charge in [-0.2, -0.15) is 0 Å². The first kappa shape index (κ1) is 19.8. The van der Waals surface area contributed by atoms with Gasteiger partial charge in [0.1, 0.15) is 5.82 Å². The smallest absolute Gasteiger partial charge is 0.229 e. The molecule has 148 valence electrons. The molecule has 1 N–H and O–H groups in total. The number of sulfonamides is 1. The second-order valence-electron chi connectivity index (χ2n) is 6.71. The Morgan fingerprint density at radius 1 is 0.966 bits per heavy atom. The third-order valence-corrected chi connectivity index (χ3v) is 5.75. The normalized spacial score (nSPS) is 11.7. The van der Waals surface area contributed by atoms with Gasteiger partial charge in [-0.1, -0.05) is 53.5 Å². The molecule has 5 nitrogen and oxygen atoms in total. The van der Waals surface area contributed by atoms with Crippen LogP contribution in [0.4, 0.5) is 5.69 Å². The molecule has 8 heteroatoms. The Morgan fingerprint density at radius 2 is 1.76 bits per heavy atom. The molecule has 0 amide bonds. The fourth-order valence-corrected chi connectivity index (χ4v) is 4.09. The van der Waals surface area contributed by atoms with Crippen LogP contribution >= 0.6 is 23.2 Å². The second kappa shape index (κ2) is 7.71. The predicted molar refractivity (Wildman–Crippen MR) is 119 cm³/mol. The zero-order chi connectivity index (χ0) is 20.6. The lowest BCUT2D eigenvalue weighted by molar-refractivity contribution is 0.607. The van der Waals surface area contributed by atoms with E-state index in [1.807, 2.05) is 42.5 Å². The van der Waals surface area contributed by atoms with Crippen molar-refractivity contribution >= 4 is 49.9 Å². The summed E-state index contributed by atoms with van der Waals surface area (Å²) in [6.45, 7) is 0.538.